The number of hydrogen-bond acceptors (Lipinski definition) is 16. The first-order valence-corrected chi connectivity index (χ1v) is 13.9. The van der Waals surface area contributed by atoms with Crippen molar-refractivity contribution in [1.82, 2.24) is 19.8 Å². The number of nitrogens with zero attached hydrogens (tertiary/aromatic N) is 4. The maximum Gasteiger partial charge on any atom is 2.00 e. The number of esters is 2. The van der Waals surface area contributed by atoms with Gasteiger partial charge in [0.05, 0.1) is 37.7 Å². The van der Waals surface area contributed by atoms with E-state index >= 15 is 0 Å². The van der Waals surface area contributed by atoms with Gasteiger partial charge in [0.25, 0.3) is 0 Å². The van der Waals surface area contributed by atoms with Gasteiger partial charge in [-0.15, -0.1) is 20.5 Å². The molecular weight excluding hydrogens is 649 g/mol. The molecule has 0 atom stereocenters. The van der Waals surface area contributed by atoms with Crippen LogP contribution in [0.15, 0.2) is 48.8 Å². The van der Waals surface area contributed by atoms with E-state index in [1.165, 1.54) is 0 Å². The Kier molecular flexibility index (Phi) is 22.7. The average Bonchev–Trinajstić information content (AvgIpc) is 2.82. The van der Waals surface area contributed by atoms with Crippen molar-refractivity contribution in [3.63, 3.8) is 0 Å². The van der Waals surface area contributed by atoms with Crippen molar-refractivity contribution in [2.75, 3.05) is 39.4 Å². The normalized spacial score (nSPS) is 10.9. The van der Waals surface area contributed by atoms with Crippen molar-refractivity contribution in [2.24, 2.45) is 0 Å². The summed E-state index contributed by atoms with van der Waals surface area (Å²) in [5.41, 5.74) is 1.73. The summed E-state index contributed by atoms with van der Waals surface area (Å²) in [6.07, 6.45) is 3.46. The van der Waals surface area contributed by atoms with Crippen LogP contribution in [0.1, 0.15) is 25.2 Å². The van der Waals surface area contributed by atoms with Gasteiger partial charge in [-0.05, 0) is 38.1 Å². The van der Waals surface area contributed by atoms with Crippen LogP contribution in [0.5, 0.6) is 0 Å². The molecule has 2 aromatic rings. The molecule has 0 saturated heterocycles. The number of hydrogen-bond donors (Lipinski definition) is 0. The minimum Gasteiger partial charge on any atom is -0.465 e. The zero-order valence-corrected chi connectivity index (χ0v) is 26.9. The minimum atomic E-state index is -4.94. The number of rotatable bonds is 13. The molecular formula is C22H30Cl2N4O12Zn. The zero-order valence-electron chi connectivity index (χ0n) is 22.4. The smallest absolute Gasteiger partial charge is 0.465 e. The summed E-state index contributed by atoms with van der Waals surface area (Å²) in [4.78, 5) is 36.8. The monoisotopic (exact) mass is 676 g/mol. The summed E-state index contributed by atoms with van der Waals surface area (Å²) in [7, 11) is -9.89. The van der Waals surface area contributed by atoms with Gasteiger partial charge >= 0.3 is 31.4 Å². The SMILES string of the molecule is CCOC(=O)CN(CCN(CC(=O)OCC)Cc1ccccn1)Cc1ccccn1.[O-][Cl+3]([O-])([O-])[O-].[O-][Cl+3]([O-])([O-])[O-].[Zn+2]. The molecule has 0 amide bonds. The second-order valence-corrected chi connectivity index (χ2v) is 8.94. The molecule has 2 heterocycles. The van der Waals surface area contributed by atoms with Crippen LogP contribution in [0.2, 0.25) is 0 Å². The molecule has 0 aliphatic heterocycles. The molecule has 0 bridgehead atoms. The fourth-order valence-electron chi connectivity index (χ4n) is 2.93. The standard InChI is InChI=1S/C22H30N4O4.2ClHO4.Zn/c1-3-29-21(27)17-25(15-19-9-5-7-11-23-19)13-14-26(18-22(28)30-4-2)16-20-10-6-8-12-24-20;2*2-1(3,4)5;/h5-12H,3-4,13-18H2,1-2H3;2*(H,2,3,4,5);/q;;;+2/p-2. The van der Waals surface area contributed by atoms with Crippen LogP contribution in [0, 0.1) is 20.5 Å². The summed E-state index contributed by atoms with van der Waals surface area (Å²) in [5.74, 6) is -0.565. The Labute approximate surface area is 254 Å². The second-order valence-electron chi connectivity index (χ2n) is 7.43. The number of aromatic nitrogens is 2. The van der Waals surface area contributed by atoms with Gasteiger partial charge in [0.15, 0.2) is 0 Å². The molecule has 0 spiro atoms. The van der Waals surface area contributed by atoms with Gasteiger partial charge in [0.2, 0.25) is 0 Å². The molecule has 2 rings (SSSR count). The Hall–Kier alpha value is -1.96. The van der Waals surface area contributed by atoms with E-state index in [2.05, 4.69) is 9.97 Å². The number of carbonyl (C=O) groups is 2. The van der Waals surface area contributed by atoms with Crippen molar-refractivity contribution in [3.8, 4) is 0 Å². The summed E-state index contributed by atoms with van der Waals surface area (Å²) in [6.45, 7) is 6.69. The number of carbonyl (C=O) groups excluding carboxylic acids is 2. The van der Waals surface area contributed by atoms with Gasteiger partial charge in [-0.2, -0.15) is 0 Å². The summed E-state index contributed by atoms with van der Waals surface area (Å²) in [6, 6.07) is 11.4. The van der Waals surface area contributed by atoms with E-state index in [0.717, 1.165) is 11.4 Å². The van der Waals surface area contributed by atoms with E-state index < -0.39 is 20.5 Å². The Morgan fingerprint density at radius 1 is 0.683 bits per heavy atom. The second kappa shape index (κ2) is 22.6. The maximum absolute atomic E-state index is 12.1. The Morgan fingerprint density at radius 3 is 1.24 bits per heavy atom. The summed E-state index contributed by atoms with van der Waals surface area (Å²) in [5, 5.41) is 0. The molecule has 16 nitrogen and oxygen atoms in total. The van der Waals surface area contributed by atoms with Crippen LogP contribution < -0.4 is 37.3 Å². The average molecular weight is 679 g/mol. The third kappa shape index (κ3) is 29.3. The Balaban J connectivity index is 0. The van der Waals surface area contributed by atoms with Crippen molar-refractivity contribution >= 4 is 11.9 Å². The van der Waals surface area contributed by atoms with Gasteiger partial charge in [-0.25, -0.2) is 37.3 Å². The van der Waals surface area contributed by atoms with E-state index in [0.29, 0.717) is 39.4 Å². The molecule has 0 radical (unpaired) electrons. The van der Waals surface area contributed by atoms with Crippen LogP contribution >= 0.6 is 0 Å². The quantitative estimate of drug-likeness (QED) is 0.141. The molecule has 19 heteroatoms. The first-order valence-electron chi connectivity index (χ1n) is 11.4. The molecule has 0 saturated carbocycles. The zero-order chi connectivity index (χ0) is 30.6. The van der Waals surface area contributed by atoms with Gasteiger partial charge < -0.3 is 9.47 Å². The molecule has 0 unspecified atom stereocenters. The van der Waals surface area contributed by atoms with Crippen molar-refractivity contribution < 1.29 is 96.3 Å². The van der Waals surface area contributed by atoms with Crippen molar-refractivity contribution in [1.29, 1.82) is 0 Å². The molecule has 0 N–H and O–H groups in total. The van der Waals surface area contributed by atoms with E-state index in [4.69, 9.17) is 46.7 Å². The molecule has 0 aliphatic carbocycles. The number of halogens is 2. The predicted molar refractivity (Wildman–Crippen MR) is 112 cm³/mol. The van der Waals surface area contributed by atoms with Crippen LogP contribution in [0.3, 0.4) is 0 Å². The van der Waals surface area contributed by atoms with Crippen molar-refractivity contribution in [2.45, 2.75) is 26.9 Å². The van der Waals surface area contributed by atoms with Crippen molar-refractivity contribution in [3.05, 3.63) is 60.2 Å². The van der Waals surface area contributed by atoms with Crippen LogP contribution in [-0.4, -0.2) is 71.1 Å². The first-order chi connectivity index (χ1) is 18.6. The molecule has 0 fully saturated rings. The van der Waals surface area contributed by atoms with Crippen LogP contribution in [0.4, 0.5) is 0 Å². The molecule has 0 aromatic carbocycles. The fraction of sp³-hybridized carbons (Fsp3) is 0.455. The topological polar surface area (TPSA) is 269 Å². The van der Waals surface area contributed by atoms with Gasteiger partial charge in [0.1, 0.15) is 0 Å². The summed E-state index contributed by atoms with van der Waals surface area (Å²) < 4.78 is 78.2. The third-order valence-corrected chi connectivity index (χ3v) is 4.27. The minimum absolute atomic E-state index is 0. The fourth-order valence-corrected chi connectivity index (χ4v) is 2.93. The molecule has 2 aromatic heterocycles. The predicted octanol–water partition coefficient (Wildman–Crippen LogP) is -7.61. The Morgan fingerprint density at radius 2 is 1.00 bits per heavy atom. The largest absolute Gasteiger partial charge is 2.00 e. The number of pyridine rings is 2. The van der Waals surface area contributed by atoms with E-state index in [1.54, 1.807) is 26.2 Å². The van der Waals surface area contributed by atoms with E-state index in [9.17, 15) is 9.59 Å². The summed E-state index contributed by atoms with van der Waals surface area (Å²) >= 11 is 0. The van der Waals surface area contributed by atoms with Gasteiger partial charge in [0, 0.05) is 38.6 Å². The molecule has 0 aliphatic rings. The maximum atomic E-state index is 12.1. The van der Waals surface area contributed by atoms with Gasteiger partial charge in [-0.3, -0.25) is 29.4 Å². The van der Waals surface area contributed by atoms with Crippen LogP contribution in [-0.2, 0) is 51.6 Å². The molecule has 41 heavy (non-hydrogen) atoms. The van der Waals surface area contributed by atoms with Crippen LogP contribution in [0.25, 0.3) is 0 Å². The Bertz CT molecular complexity index is 868. The third-order valence-electron chi connectivity index (χ3n) is 4.27. The molecule has 226 valence electrons. The first kappa shape index (κ1) is 41.2. The van der Waals surface area contributed by atoms with Gasteiger partial charge in [-0.1, -0.05) is 12.1 Å². The van der Waals surface area contributed by atoms with E-state index in [1.807, 2.05) is 46.2 Å². The van der Waals surface area contributed by atoms with E-state index in [-0.39, 0.29) is 44.5 Å². The number of ether oxygens (including phenoxy) is 2.